The molecule has 1 atom stereocenters. The second-order valence-corrected chi connectivity index (χ2v) is 6.59. The number of carbonyl (C=O) groups is 1. The lowest BCUT2D eigenvalue weighted by Crippen LogP contribution is -2.50. The van der Waals surface area contributed by atoms with Gasteiger partial charge in [-0.15, -0.1) is 0 Å². The van der Waals surface area contributed by atoms with E-state index < -0.39 is 22.1 Å². The van der Waals surface area contributed by atoms with Crippen molar-refractivity contribution in [2.45, 2.75) is 26.2 Å². The third-order valence-corrected chi connectivity index (χ3v) is 5.21. The first-order valence-corrected chi connectivity index (χ1v) is 7.92. The van der Waals surface area contributed by atoms with Crippen LogP contribution >= 0.6 is 0 Å². The molecule has 1 aliphatic heterocycles. The number of carboxylic acids is 1. The Bertz CT molecular complexity index is 392. The van der Waals surface area contributed by atoms with Crippen LogP contribution in [0.5, 0.6) is 0 Å². The fourth-order valence-corrected chi connectivity index (χ4v) is 4.00. The Morgan fingerprint density at radius 1 is 1.42 bits per heavy atom. The molecule has 0 aromatic carbocycles. The van der Waals surface area contributed by atoms with Crippen LogP contribution in [-0.4, -0.2) is 66.0 Å². The average molecular weight is 294 g/mol. The van der Waals surface area contributed by atoms with Crippen molar-refractivity contribution >= 4 is 16.2 Å². The number of rotatable bonds is 7. The van der Waals surface area contributed by atoms with E-state index in [4.69, 9.17) is 10.2 Å². The summed E-state index contributed by atoms with van der Waals surface area (Å²) in [5.74, 6) is -1.59. The van der Waals surface area contributed by atoms with Crippen molar-refractivity contribution in [3.05, 3.63) is 0 Å². The van der Waals surface area contributed by atoms with Crippen molar-refractivity contribution in [1.82, 2.24) is 8.61 Å². The van der Waals surface area contributed by atoms with Crippen molar-refractivity contribution in [3.63, 3.8) is 0 Å². The first-order chi connectivity index (χ1) is 8.93. The zero-order valence-electron chi connectivity index (χ0n) is 11.2. The fourth-order valence-electron chi connectivity index (χ4n) is 2.22. The van der Waals surface area contributed by atoms with E-state index in [0.29, 0.717) is 32.4 Å². The molecule has 112 valence electrons. The second-order valence-electron chi connectivity index (χ2n) is 4.67. The summed E-state index contributed by atoms with van der Waals surface area (Å²) >= 11 is 0. The normalized spacial score (nSPS) is 21.7. The summed E-state index contributed by atoms with van der Waals surface area (Å²) in [4.78, 5) is 11.0. The largest absolute Gasteiger partial charge is 0.481 e. The molecular weight excluding hydrogens is 272 g/mol. The summed E-state index contributed by atoms with van der Waals surface area (Å²) in [6, 6.07) is 0. The molecule has 7 nitrogen and oxygen atoms in total. The smallest absolute Gasteiger partial charge is 0.307 e. The van der Waals surface area contributed by atoms with Gasteiger partial charge in [0.05, 0.1) is 12.5 Å². The molecule has 0 spiro atoms. The summed E-state index contributed by atoms with van der Waals surface area (Å²) in [6.07, 6.45) is 1.71. The molecule has 19 heavy (non-hydrogen) atoms. The monoisotopic (exact) mass is 294 g/mol. The van der Waals surface area contributed by atoms with Gasteiger partial charge in [0.15, 0.2) is 0 Å². The van der Waals surface area contributed by atoms with Gasteiger partial charge in [0.25, 0.3) is 10.2 Å². The number of carboxylic acid groups (broad SMARTS) is 1. The summed E-state index contributed by atoms with van der Waals surface area (Å²) in [5, 5.41) is 17.9. The van der Waals surface area contributed by atoms with Crippen LogP contribution in [0.15, 0.2) is 0 Å². The van der Waals surface area contributed by atoms with E-state index in [2.05, 4.69) is 0 Å². The van der Waals surface area contributed by atoms with Crippen LogP contribution in [-0.2, 0) is 15.0 Å². The van der Waals surface area contributed by atoms with Crippen molar-refractivity contribution in [2.24, 2.45) is 5.92 Å². The van der Waals surface area contributed by atoms with Crippen LogP contribution in [0.3, 0.4) is 0 Å². The molecule has 0 saturated carbocycles. The van der Waals surface area contributed by atoms with Gasteiger partial charge in [-0.3, -0.25) is 4.79 Å². The van der Waals surface area contributed by atoms with Gasteiger partial charge < -0.3 is 10.2 Å². The van der Waals surface area contributed by atoms with Crippen LogP contribution in [0.2, 0.25) is 0 Å². The van der Waals surface area contributed by atoms with Gasteiger partial charge in [0.1, 0.15) is 0 Å². The predicted octanol–water partition coefficient (Wildman–Crippen LogP) is -0.268. The van der Waals surface area contributed by atoms with E-state index in [9.17, 15) is 13.2 Å². The number of hydrogen-bond donors (Lipinski definition) is 2. The number of piperidine rings is 1. The summed E-state index contributed by atoms with van der Waals surface area (Å²) < 4.78 is 27.2. The Labute approximate surface area is 114 Å². The summed E-state index contributed by atoms with van der Waals surface area (Å²) in [6.45, 7) is 2.36. The molecule has 1 heterocycles. The third kappa shape index (κ3) is 4.13. The number of aliphatic hydroxyl groups is 1. The molecule has 1 rings (SSSR count). The van der Waals surface area contributed by atoms with E-state index in [-0.39, 0.29) is 19.7 Å². The summed E-state index contributed by atoms with van der Waals surface area (Å²) in [7, 11) is -3.67. The van der Waals surface area contributed by atoms with Gasteiger partial charge in [-0.1, -0.05) is 6.92 Å². The Balaban J connectivity index is 2.82. The standard InChI is InChI=1S/C11H22N2O5S/c1-2-5-12(7-8-14)19(17,18)13-6-3-4-10(9-13)11(15)16/h10,14H,2-9H2,1H3,(H,15,16). The Morgan fingerprint density at radius 2 is 2.11 bits per heavy atom. The number of nitrogens with zero attached hydrogens (tertiary/aromatic N) is 2. The third-order valence-electron chi connectivity index (χ3n) is 3.21. The average Bonchev–Trinajstić information content (AvgIpc) is 2.38. The molecule has 0 bridgehead atoms. The highest BCUT2D eigenvalue weighted by Gasteiger charge is 2.35. The topological polar surface area (TPSA) is 98.2 Å². The minimum Gasteiger partial charge on any atom is -0.481 e. The van der Waals surface area contributed by atoms with Crippen molar-refractivity contribution in [2.75, 3.05) is 32.8 Å². The number of aliphatic hydroxyl groups excluding tert-OH is 1. The van der Waals surface area contributed by atoms with Gasteiger partial charge in [-0.05, 0) is 19.3 Å². The van der Waals surface area contributed by atoms with Crippen molar-refractivity contribution < 1.29 is 23.4 Å². The minimum atomic E-state index is -3.67. The Kier molecular flexibility index (Phi) is 6.18. The van der Waals surface area contributed by atoms with E-state index >= 15 is 0 Å². The second kappa shape index (κ2) is 7.18. The van der Waals surface area contributed by atoms with Crippen LogP contribution in [0.1, 0.15) is 26.2 Å². The van der Waals surface area contributed by atoms with Crippen molar-refractivity contribution in [1.29, 1.82) is 0 Å². The maximum absolute atomic E-state index is 12.4. The molecule has 0 aromatic heterocycles. The minimum absolute atomic E-state index is 0.0172. The highest BCUT2D eigenvalue weighted by atomic mass is 32.2. The highest BCUT2D eigenvalue weighted by Crippen LogP contribution is 2.21. The highest BCUT2D eigenvalue weighted by molar-refractivity contribution is 7.86. The molecular formula is C11H22N2O5S. The van der Waals surface area contributed by atoms with Gasteiger partial charge in [-0.25, -0.2) is 0 Å². The Morgan fingerprint density at radius 3 is 2.63 bits per heavy atom. The van der Waals surface area contributed by atoms with E-state index in [1.165, 1.54) is 8.61 Å². The number of aliphatic carboxylic acids is 1. The summed E-state index contributed by atoms with van der Waals surface area (Å²) in [5.41, 5.74) is 0. The fraction of sp³-hybridized carbons (Fsp3) is 0.909. The molecule has 1 saturated heterocycles. The van der Waals surface area contributed by atoms with E-state index in [0.717, 1.165) is 0 Å². The molecule has 2 N–H and O–H groups in total. The van der Waals surface area contributed by atoms with E-state index in [1.54, 1.807) is 0 Å². The first kappa shape index (κ1) is 16.4. The van der Waals surface area contributed by atoms with Gasteiger partial charge in [-0.2, -0.15) is 17.0 Å². The Hall–Kier alpha value is -0.700. The predicted molar refractivity (Wildman–Crippen MR) is 69.8 cm³/mol. The molecule has 1 unspecified atom stereocenters. The maximum atomic E-state index is 12.4. The quantitative estimate of drug-likeness (QED) is 0.673. The van der Waals surface area contributed by atoms with Gasteiger partial charge >= 0.3 is 5.97 Å². The van der Waals surface area contributed by atoms with Crippen LogP contribution in [0.4, 0.5) is 0 Å². The molecule has 8 heteroatoms. The zero-order valence-corrected chi connectivity index (χ0v) is 12.0. The molecule has 0 radical (unpaired) electrons. The lowest BCUT2D eigenvalue weighted by molar-refractivity contribution is -0.142. The van der Waals surface area contributed by atoms with Crippen LogP contribution in [0, 0.1) is 5.92 Å². The molecule has 0 aliphatic carbocycles. The lowest BCUT2D eigenvalue weighted by atomic mass is 10.0. The van der Waals surface area contributed by atoms with Gasteiger partial charge in [0.2, 0.25) is 0 Å². The zero-order chi connectivity index (χ0) is 14.5. The van der Waals surface area contributed by atoms with Crippen LogP contribution < -0.4 is 0 Å². The lowest BCUT2D eigenvalue weighted by Gasteiger charge is -2.34. The van der Waals surface area contributed by atoms with Crippen LogP contribution in [0.25, 0.3) is 0 Å². The number of hydrogen-bond acceptors (Lipinski definition) is 4. The molecule has 1 aliphatic rings. The molecule has 0 amide bonds. The van der Waals surface area contributed by atoms with E-state index in [1.807, 2.05) is 6.92 Å². The van der Waals surface area contributed by atoms with Crippen molar-refractivity contribution in [3.8, 4) is 0 Å². The molecule has 0 aromatic rings. The van der Waals surface area contributed by atoms with Gasteiger partial charge in [0, 0.05) is 26.2 Å². The first-order valence-electron chi connectivity index (χ1n) is 6.52. The molecule has 1 fully saturated rings. The SMILES string of the molecule is CCCN(CCO)S(=O)(=O)N1CCCC(C(=O)O)C1. The maximum Gasteiger partial charge on any atom is 0.307 e.